The number of aromatic nitrogens is 1. The van der Waals surface area contributed by atoms with E-state index in [9.17, 15) is 9.90 Å². The molecule has 6 nitrogen and oxygen atoms in total. The molecule has 1 aromatic rings. The van der Waals surface area contributed by atoms with Crippen molar-refractivity contribution in [2.75, 3.05) is 33.4 Å². The highest BCUT2D eigenvalue weighted by Gasteiger charge is 2.27. The summed E-state index contributed by atoms with van der Waals surface area (Å²) < 4.78 is 10.7. The average molecular weight is 300 g/mol. The van der Waals surface area contributed by atoms with E-state index in [4.69, 9.17) is 9.47 Å². The van der Waals surface area contributed by atoms with Crippen molar-refractivity contribution >= 4 is 17.3 Å². The fourth-order valence-corrected chi connectivity index (χ4v) is 3.23. The van der Waals surface area contributed by atoms with Crippen molar-refractivity contribution < 1.29 is 19.4 Å². The Bertz CT molecular complexity index is 461. The molecule has 1 atom stereocenters. The van der Waals surface area contributed by atoms with Crippen LogP contribution in [0.2, 0.25) is 0 Å². The van der Waals surface area contributed by atoms with Crippen LogP contribution in [0.3, 0.4) is 0 Å². The van der Waals surface area contributed by atoms with Crippen LogP contribution in [0, 0.1) is 0 Å². The van der Waals surface area contributed by atoms with E-state index in [2.05, 4.69) is 16.8 Å². The Kier molecular flexibility index (Phi) is 5.47. The molecule has 0 aromatic carbocycles. The van der Waals surface area contributed by atoms with E-state index in [-0.39, 0.29) is 17.6 Å². The van der Waals surface area contributed by atoms with Gasteiger partial charge in [-0.3, -0.25) is 4.90 Å². The Morgan fingerprint density at radius 3 is 3.10 bits per heavy atom. The fraction of sp³-hybridized carbons (Fsp3) is 0.692. The third-order valence-corrected chi connectivity index (χ3v) is 4.33. The molecule has 0 spiro atoms. The molecule has 0 radical (unpaired) electrons. The van der Waals surface area contributed by atoms with Crippen molar-refractivity contribution in [2.24, 2.45) is 0 Å². The molecule has 1 saturated heterocycles. The number of ether oxygens (including phenoxy) is 2. The first kappa shape index (κ1) is 15.4. The first-order valence-electron chi connectivity index (χ1n) is 6.71. The van der Waals surface area contributed by atoms with Gasteiger partial charge in [0, 0.05) is 20.2 Å². The molecule has 1 fully saturated rings. The number of nitrogens with zero attached hydrogens (tertiary/aromatic N) is 2. The predicted molar refractivity (Wildman–Crippen MR) is 75.2 cm³/mol. The van der Waals surface area contributed by atoms with Crippen molar-refractivity contribution in [1.82, 2.24) is 9.88 Å². The maximum absolute atomic E-state index is 11.2. The number of thiazole rings is 1. The van der Waals surface area contributed by atoms with E-state index >= 15 is 0 Å². The lowest BCUT2D eigenvalue weighted by Crippen LogP contribution is -2.38. The minimum Gasteiger partial charge on any atom is -0.477 e. The molecule has 0 bridgehead atoms. The second-order valence-corrected chi connectivity index (χ2v) is 5.76. The largest absolute Gasteiger partial charge is 0.477 e. The molecule has 1 aliphatic heterocycles. The Balaban J connectivity index is 2.15. The second kappa shape index (κ2) is 7.12. The molecule has 20 heavy (non-hydrogen) atoms. The van der Waals surface area contributed by atoms with Gasteiger partial charge in [0.05, 0.1) is 18.9 Å². The van der Waals surface area contributed by atoms with Crippen molar-refractivity contribution in [1.29, 1.82) is 0 Å². The number of rotatable bonds is 6. The van der Waals surface area contributed by atoms with Crippen molar-refractivity contribution in [3.63, 3.8) is 0 Å². The number of aromatic carboxylic acids is 1. The highest BCUT2D eigenvalue weighted by molar-refractivity contribution is 7.13. The summed E-state index contributed by atoms with van der Waals surface area (Å²) in [6, 6.07) is 0. The lowest BCUT2D eigenvalue weighted by Gasteiger charge is -2.31. The van der Waals surface area contributed by atoms with Gasteiger partial charge in [-0.05, 0) is 13.0 Å². The number of carboxylic acids is 1. The van der Waals surface area contributed by atoms with Crippen molar-refractivity contribution in [3.8, 4) is 0 Å². The summed E-state index contributed by atoms with van der Waals surface area (Å²) in [7, 11) is 1.53. The molecule has 0 saturated carbocycles. The van der Waals surface area contributed by atoms with Gasteiger partial charge in [0.2, 0.25) is 0 Å². The van der Waals surface area contributed by atoms with E-state index in [0.29, 0.717) is 12.3 Å². The van der Waals surface area contributed by atoms with E-state index in [1.807, 2.05) is 0 Å². The summed E-state index contributed by atoms with van der Waals surface area (Å²) >= 11 is 1.19. The highest BCUT2D eigenvalue weighted by Crippen LogP contribution is 2.29. The third kappa shape index (κ3) is 3.54. The summed E-state index contributed by atoms with van der Waals surface area (Å²) in [4.78, 5) is 18.2. The van der Waals surface area contributed by atoms with Crippen LogP contribution < -0.4 is 0 Å². The number of hydrogen-bond acceptors (Lipinski definition) is 6. The first-order chi connectivity index (χ1) is 9.65. The molecular weight excluding hydrogens is 280 g/mol. The normalized spacial score (nSPS) is 20.2. The van der Waals surface area contributed by atoms with Crippen molar-refractivity contribution in [3.05, 3.63) is 15.6 Å². The van der Waals surface area contributed by atoms with Crippen LogP contribution in [0.4, 0.5) is 0 Å². The molecule has 2 heterocycles. The summed E-state index contributed by atoms with van der Waals surface area (Å²) in [5, 5.41) is 9.94. The Morgan fingerprint density at radius 2 is 2.45 bits per heavy atom. The number of carbonyl (C=O) groups is 1. The Morgan fingerprint density at radius 1 is 1.65 bits per heavy atom. The third-order valence-electron chi connectivity index (χ3n) is 3.16. The topological polar surface area (TPSA) is 71.9 Å². The van der Waals surface area contributed by atoms with E-state index in [1.54, 1.807) is 0 Å². The van der Waals surface area contributed by atoms with Gasteiger partial charge >= 0.3 is 5.97 Å². The van der Waals surface area contributed by atoms with E-state index in [1.165, 1.54) is 18.4 Å². The molecular formula is C13H20N2O4S. The molecule has 112 valence electrons. The Hall–Kier alpha value is -1.02. The van der Waals surface area contributed by atoms with Crippen molar-refractivity contribution in [2.45, 2.75) is 26.1 Å². The summed E-state index contributed by atoms with van der Waals surface area (Å²) in [5.74, 6) is -0.956. The molecule has 0 amide bonds. The first-order valence-corrected chi connectivity index (χ1v) is 7.53. The summed E-state index contributed by atoms with van der Waals surface area (Å²) in [6.07, 6.45) is 0.962. The van der Waals surface area contributed by atoms with Gasteiger partial charge in [-0.2, -0.15) is 0 Å². The number of hydrogen-bond donors (Lipinski definition) is 1. The van der Waals surface area contributed by atoms with Crippen LogP contribution in [-0.2, 0) is 16.1 Å². The monoisotopic (exact) mass is 300 g/mol. The van der Waals surface area contributed by atoms with Crippen LogP contribution >= 0.6 is 11.3 Å². The maximum atomic E-state index is 11.2. The van der Waals surface area contributed by atoms with Crippen LogP contribution in [0.15, 0.2) is 0 Å². The zero-order valence-electron chi connectivity index (χ0n) is 11.8. The molecule has 7 heteroatoms. The molecule has 1 N–H and O–H groups in total. The molecule has 1 unspecified atom stereocenters. The second-order valence-electron chi connectivity index (χ2n) is 4.73. The molecule has 1 aliphatic rings. The zero-order valence-corrected chi connectivity index (χ0v) is 12.6. The average Bonchev–Trinajstić information content (AvgIpc) is 2.84. The zero-order chi connectivity index (χ0) is 14.5. The lowest BCUT2D eigenvalue weighted by atomic mass is 10.2. The smallest absolute Gasteiger partial charge is 0.347 e. The lowest BCUT2D eigenvalue weighted by molar-refractivity contribution is -0.0300. The molecule has 1 aromatic heterocycles. The summed E-state index contributed by atoms with van der Waals surface area (Å²) in [5.41, 5.74) is 0.483. The van der Waals surface area contributed by atoms with Crippen LogP contribution in [0.25, 0.3) is 0 Å². The predicted octanol–water partition coefficient (Wildman–Crippen LogP) is 1.77. The number of carboxylic acid groups (broad SMARTS) is 1. The molecule has 2 rings (SSSR count). The minimum absolute atomic E-state index is 0.135. The SMILES string of the molecule is CCCN1CCOC(c2nc(COC)c(C(=O)O)s2)C1. The fourth-order valence-electron chi connectivity index (χ4n) is 2.28. The number of methoxy groups -OCH3 is 1. The number of morpholine rings is 1. The Labute approximate surface area is 122 Å². The quantitative estimate of drug-likeness (QED) is 0.863. The van der Waals surface area contributed by atoms with Gasteiger partial charge in [0.15, 0.2) is 0 Å². The highest BCUT2D eigenvalue weighted by atomic mass is 32.1. The minimum atomic E-state index is -0.956. The van der Waals surface area contributed by atoms with Crippen LogP contribution in [0.1, 0.15) is 39.8 Å². The van der Waals surface area contributed by atoms with Gasteiger partial charge in [0.25, 0.3) is 0 Å². The maximum Gasteiger partial charge on any atom is 0.347 e. The van der Waals surface area contributed by atoms with Gasteiger partial charge < -0.3 is 14.6 Å². The van der Waals surface area contributed by atoms with Gasteiger partial charge in [0.1, 0.15) is 16.0 Å². The van der Waals surface area contributed by atoms with Gasteiger partial charge in [-0.1, -0.05) is 6.92 Å². The molecule has 0 aliphatic carbocycles. The van der Waals surface area contributed by atoms with Gasteiger partial charge in [-0.15, -0.1) is 11.3 Å². The standard InChI is InChI=1S/C13H20N2O4S/c1-3-4-15-5-6-19-10(7-15)12-14-9(8-18-2)11(20-12)13(16)17/h10H,3-8H2,1-2H3,(H,16,17). The van der Waals surface area contributed by atoms with Crippen LogP contribution in [-0.4, -0.2) is 54.3 Å². The van der Waals surface area contributed by atoms with E-state index < -0.39 is 5.97 Å². The summed E-state index contributed by atoms with van der Waals surface area (Å²) in [6.45, 7) is 5.74. The van der Waals surface area contributed by atoms with Gasteiger partial charge in [-0.25, -0.2) is 9.78 Å². The van der Waals surface area contributed by atoms with Crippen LogP contribution in [0.5, 0.6) is 0 Å². The van der Waals surface area contributed by atoms with E-state index in [0.717, 1.165) is 31.1 Å².